The number of benzene rings is 2. The van der Waals surface area contributed by atoms with Gasteiger partial charge in [-0.3, -0.25) is 9.10 Å². The molecule has 152 valence electrons. The average Bonchev–Trinajstić information content (AvgIpc) is 2.63. The van der Waals surface area contributed by atoms with E-state index in [4.69, 9.17) is 23.2 Å². The molecule has 0 aliphatic heterocycles. The molecule has 0 radical (unpaired) electrons. The summed E-state index contributed by atoms with van der Waals surface area (Å²) in [4.78, 5) is 12.5. The van der Waals surface area contributed by atoms with Crippen molar-refractivity contribution in [2.75, 3.05) is 22.9 Å². The van der Waals surface area contributed by atoms with Crippen molar-refractivity contribution in [2.45, 2.75) is 18.7 Å². The van der Waals surface area contributed by atoms with E-state index >= 15 is 0 Å². The summed E-state index contributed by atoms with van der Waals surface area (Å²) in [5.41, 5.74) is 1.32. The van der Waals surface area contributed by atoms with E-state index in [1.165, 1.54) is 0 Å². The number of sulfonamides is 1. The molecule has 1 amide bonds. The first-order chi connectivity index (χ1) is 13.2. The molecule has 0 bridgehead atoms. The van der Waals surface area contributed by atoms with Gasteiger partial charge in [-0.1, -0.05) is 47.5 Å². The summed E-state index contributed by atoms with van der Waals surface area (Å²) in [6.45, 7) is 1.97. The number of nitrogens with zero attached hydrogens (tertiary/aromatic N) is 1. The van der Waals surface area contributed by atoms with Gasteiger partial charge in [-0.05, 0) is 36.8 Å². The molecule has 1 N–H and O–H groups in total. The predicted molar refractivity (Wildman–Crippen MR) is 119 cm³/mol. The van der Waals surface area contributed by atoms with E-state index in [2.05, 4.69) is 5.32 Å². The normalized spacial score (nSPS) is 12.4. The first-order valence-corrected chi connectivity index (χ1v) is 12.3. The van der Waals surface area contributed by atoms with E-state index in [9.17, 15) is 13.2 Å². The zero-order chi connectivity index (χ0) is 20.7. The number of hydrogen-bond acceptors (Lipinski definition) is 4. The summed E-state index contributed by atoms with van der Waals surface area (Å²) in [6.07, 6.45) is 1.09. The monoisotopic (exact) mass is 460 g/mol. The van der Waals surface area contributed by atoms with Crippen molar-refractivity contribution >= 4 is 56.6 Å². The van der Waals surface area contributed by atoms with Crippen LogP contribution in [0.5, 0.6) is 0 Å². The fraction of sp³-hybridized carbons (Fsp3) is 0.316. The first kappa shape index (κ1) is 22.9. The Morgan fingerprint density at radius 3 is 2.29 bits per heavy atom. The number of anilines is 1. The Balaban J connectivity index is 1.89. The second-order valence-electron chi connectivity index (χ2n) is 6.11. The molecule has 9 heteroatoms. The van der Waals surface area contributed by atoms with Gasteiger partial charge in [0.2, 0.25) is 15.9 Å². The maximum atomic E-state index is 12.5. The van der Waals surface area contributed by atoms with Crippen molar-refractivity contribution in [3.8, 4) is 0 Å². The van der Waals surface area contributed by atoms with Crippen molar-refractivity contribution in [1.82, 2.24) is 5.32 Å². The Morgan fingerprint density at radius 1 is 1.11 bits per heavy atom. The molecule has 0 fully saturated rings. The van der Waals surface area contributed by atoms with Crippen LogP contribution in [0.4, 0.5) is 5.69 Å². The number of rotatable bonds is 9. The predicted octanol–water partition coefficient (Wildman–Crippen LogP) is 4.20. The summed E-state index contributed by atoms with van der Waals surface area (Å²) in [5, 5.41) is 4.02. The van der Waals surface area contributed by atoms with E-state index in [0.717, 1.165) is 16.1 Å². The highest BCUT2D eigenvalue weighted by Crippen LogP contribution is 2.28. The number of thioether (sulfide) groups is 1. The molecular formula is C19H22Cl2N2O3S2. The molecule has 2 rings (SSSR count). The smallest absolute Gasteiger partial charge is 0.243 e. The lowest BCUT2D eigenvalue weighted by atomic mass is 10.2. The summed E-state index contributed by atoms with van der Waals surface area (Å²) < 4.78 is 25.5. The fourth-order valence-corrected chi connectivity index (χ4v) is 5.39. The Labute approximate surface area is 180 Å². The van der Waals surface area contributed by atoms with Crippen LogP contribution in [0, 0.1) is 0 Å². The van der Waals surface area contributed by atoms with Crippen LogP contribution in [0.15, 0.2) is 48.5 Å². The lowest BCUT2D eigenvalue weighted by Crippen LogP contribution is -2.48. The Morgan fingerprint density at radius 2 is 1.71 bits per heavy atom. The number of halogens is 2. The number of amides is 1. The Kier molecular flexibility index (Phi) is 8.49. The third-order valence-corrected chi connectivity index (χ3v) is 6.89. The number of nitrogens with one attached hydrogen (secondary N) is 1. The van der Waals surface area contributed by atoms with Crippen molar-refractivity contribution in [3.63, 3.8) is 0 Å². The standard InChI is InChI=1S/C19H22Cl2N2O3S2/c1-14(23(28(2,25)26)15-7-4-3-5-8-15)19(24)22-11-12-27-13-16-17(20)9-6-10-18(16)21/h3-10,14H,11-13H2,1-2H3,(H,22,24)/t14-/m0/s1. The Bertz CT molecular complexity index is 888. The molecule has 1 atom stereocenters. The average molecular weight is 461 g/mol. The third kappa shape index (κ3) is 6.30. The zero-order valence-electron chi connectivity index (χ0n) is 15.6. The molecule has 0 heterocycles. The highest BCUT2D eigenvalue weighted by Gasteiger charge is 2.28. The highest BCUT2D eigenvalue weighted by molar-refractivity contribution is 7.98. The van der Waals surface area contributed by atoms with E-state index in [1.807, 2.05) is 0 Å². The third-order valence-electron chi connectivity index (χ3n) is 3.95. The number of para-hydroxylation sites is 1. The van der Waals surface area contributed by atoms with Crippen LogP contribution >= 0.6 is 35.0 Å². The fourth-order valence-electron chi connectivity index (χ4n) is 2.62. The van der Waals surface area contributed by atoms with E-state index in [1.54, 1.807) is 67.2 Å². The van der Waals surface area contributed by atoms with E-state index in [-0.39, 0.29) is 5.91 Å². The second kappa shape index (κ2) is 10.4. The molecule has 0 saturated carbocycles. The minimum absolute atomic E-state index is 0.356. The van der Waals surface area contributed by atoms with Crippen LogP contribution in [0.25, 0.3) is 0 Å². The van der Waals surface area contributed by atoms with Crippen LogP contribution in [0.2, 0.25) is 10.0 Å². The van der Waals surface area contributed by atoms with Crippen LogP contribution in [-0.4, -0.2) is 38.9 Å². The molecule has 28 heavy (non-hydrogen) atoms. The lowest BCUT2D eigenvalue weighted by Gasteiger charge is -2.28. The van der Waals surface area contributed by atoms with E-state index in [0.29, 0.717) is 33.8 Å². The topological polar surface area (TPSA) is 66.5 Å². The van der Waals surface area contributed by atoms with Gasteiger partial charge in [0.05, 0.1) is 11.9 Å². The first-order valence-electron chi connectivity index (χ1n) is 8.54. The van der Waals surface area contributed by atoms with Gasteiger partial charge in [0.25, 0.3) is 0 Å². The molecule has 5 nitrogen and oxygen atoms in total. The van der Waals surface area contributed by atoms with Crippen molar-refractivity contribution in [3.05, 3.63) is 64.1 Å². The van der Waals surface area contributed by atoms with Crippen LogP contribution in [-0.2, 0) is 20.6 Å². The van der Waals surface area contributed by atoms with Crippen molar-refractivity contribution in [1.29, 1.82) is 0 Å². The molecule has 0 aromatic heterocycles. The van der Waals surface area contributed by atoms with Gasteiger partial charge in [-0.25, -0.2) is 8.42 Å². The van der Waals surface area contributed by atoms with Crippen LogP contribution in [0.3, 0.4) is 0 Å². The van der Waals surface area contributed by atoms with Gasteiger partial charge in [0.15, 0.2) is 0 Å². The van der Waals surface area contributed by atoms with Crippen LogP contribution < -0.4 is 9.62 Å². The van der Waals surface area contributed by atoms with Gasteiger partial charge in [-0.2, -0.15) is 11.8 Å². The Hall–Kier alpha value is -1.41. The lowest BCUT2D eigenvalue weighted by molar-refractivity contribution is -0.121. The number of carbonyl (C=O) groups excluding carboxylic acids is 1. The quantitative estimate of drug-likeness (QED) is 0.569. The van der Waals surface area contributed by atoms with Gasteiger partial charge in [0, 0.05) is 28.1 Å². The number of hydrogen-bond donors (Lipinski definition) is 1. The molecule has 0 aliphatic carbocycles. The molecule has 0 aliphatic rings. The molecular weight excluding hydrogens is 439 g/mol. The SMILES string of the molecule is C[C@@H](C(=O)NCCSCc1c(Cl)cccc1Cl)N(c1ccccc1)S(C)(=O)=O. The summed E-state index contributed by atoms with van der Waals surface area (Å²) >= 11 is 13.9. The molecule has 0 unspecified atom stereocenters. The van der Waals surface area contributed by atoms with Gasteiger partial charge in [0.1, 0.15) is 6.04 Å². The maximum absolute atomic E-state index is 12.5. The number of carbonyl (C=O) groups is 1. The minimum atomic E-state index is -3.61. The van der Waals surface area contributed by atoms with Crippen LogP contribution in [0.1, 0.15) is 12.5 Å². The zero-order valence-corrected chi connectivity index (χ0v) is 18.7. The highest BCUT2D eigenvalue weighted by atomic mass is 35.5. The molecule has 2 aromatic rings. The summed E-state index contributed by atoms with van der Waals surface area (Å²) in [5.74, 6) is 0.916. The van der Waals surface area contributed by atoms with Gasteiger partial charge in [-0.15, -0.1) is 0 Å². The minimum Gasteiger partial charge on any atom is -0.353 e. The largest absolute Gasteiger partial charge is 0.353 e. The maximum Gasteiger partial charge on any atom is 0.243 e. The van der Waals surface area contributed by atoms with Crippen molar-refractivity contribution < 1.29 is 13.2 Å². The molecule has 0 saturated heterocycles. The summed E-state index contributed by atoms with van der Waals surface area (Å²) in [7, 11) is -3.61. The molecule has 0 spiro atoms. The van der Waals surface area contributed by atoms with E-state index < -0.39 is 16.1 Å². The van der Waals surface area contributed by atoms with Gasteiger partial charge < -0.3 is 5.32 Å². The van der Waals surface area contributed by atoms with Crippen molar-refractivity contribution in [2.24, 2.45) is 0 Å². The second-order valence-corrected chi connectivity index (χ2v) is 9.89. The summed E-state index contributed by atoms with van der Waals surface area (Å²) in [6, 6.07) is 13.1. The molecule has 2 aromatic carbocycles. The van der Waals surface area contributed by atoms with Gasteiger partial charge >= 0.3 is 0 Å².